The van der Waals surface area contributed by atoms with E-state index in [1.165, 1.54) is 18.4 Å². The Bertz CT molecular complexity index is 624. The molecule has 0 radical (unpaired) electrons. The van der Waals surface area contributed by atoms with Crippen LogP contribution in [0.4, 0.5) is 0 Å². The normalized spacial score (nSPS) is 19.5. The van der Waals surface area contributed by atoms with E-state index < -0.39 is 0 Å². The highest BCUT2D eigenvalue weighted by molar-refractivity contribution is 5.79. The van der Waals surface area contributed by atoms with Crippen molar-refractivity contribution in [1.82, 2.24) is 10.3 Å². The van der Waals surface area contributed by atoms with Gasteiger partial charge in [-0.25, -0.2) is 0 Å². The van der Waals surface area contributed by atoms with Crippen molar-refractivity contribution in [1.29, 1.82) is 0 Å². The zero-order chi connectivity index (χ0) is 12.5. The Hall–Kier alpha value is -1.61. The van der Waals surface area contributed by atoms with E-state index in [2.05, 4.69) is 22.4 Å². The molecule has 1 aliphatic heterocycles. The molecule has 2 N–H and O–H groups in total. The van der Waals surface area contributed by atoms with Crippen LogP contribution in [0.2, 0.25) is 0 Å². The summed E-state index contributed by atoms with van der Waals surface area (Å²) in [5.74, 6) is 0. The van der Waals surface area contributed by atoms with Crippen molar-refractivity contribution >= 4 is 10.9 Å². The first-order valence-corrected chi connectivity index (χ1v) is 6.58. The lowest BCUT2D eigenvalue weighted by Gasteiger charge is -2.10. The van der Waals surface area contributed by atoms with Gasteiger partial charge >= 0.3 is 0 Å². The molecule has 1 saturated heterocycles. The summed E-state index contributed by atoms with van der Waals surface area (Å²) in [6, 6.07) is 8.91. The number of pyridine rings is 1. The molecular formula is C15H18N2O. The van der Waals surface area contributed by atoms with Crippen LogP contribution in [-0.4, -0.2) is 17.6 Å². The van der Waals surface area contributed by atoms with Crippen LogP contribution in [0.25, 0.3) is 10.9 Å². The number of hydrogen-bond acceptors (Lipinski definition) is 2. The SMILES string of the molecule is Cc1cc2cc(CC3CCCN3)ccc2[nH]c1=O. The topological polar surface area (TPSA) is 44.9 Å². The van der Waals surface area contributed by atoms with E-state index in [0.717, 1.165) is 29.4 Å². The van der Waals surface area contributed by atoms with Crippen molar-refractivity contribution in [3.8, 4) is 0 Å². The summed E-state index contributed by atoms with van der Waals surface area (Å²) in [5, 5.41) is 4.64. The predicted octanol–water partition coefficient (Wildman–Crippen LogP) is 2.13. The molecule has 1 aliphatic rings. The molecule has 1 aromatic heterocycles. The third-order valence-electron chi connectivity index (χ3n) is 3.74. The van der Waals surface area contributed by atoms with Crippen LogP contribution in [0.5, 0.6) is 0 Å². The highest BCUT2D eigenvalue weighted by Gasteiger charge is 2.14. The summed E-state index contributed by atoms with van der Waals surface area (Å²) in [5.41, 5.74) is 3.05. The first kappa shape index (κ1) is 11.5. The molecule has 3 heteroatoms. The van der Waals surface area contributed by atoms with E-state index in [4.69, 9.17) is 0 Å². The van der Waals surface area contributed by atoms with Crippen LogP contribution in [0.3, 0.4) is 0 Å². The summed E-state index contributed by atoms with van der Waals surface area (Å²) in [4.78, 5) is 14.4. The first-order chi connectivity index (χ1) is 8.72. The van der Waals surface area contributed by atoms with Crippen LogP contribution in [0.15, 0.2) is 29.1 Å². The van der Waals surface area contributed by atoms with Gasteiger partial charge < -0.3 is 10.3 Å². The van der Waals surface area contributed by atoms with E-state index in [1.54, 1.807) is 0 Å². The molecule has 0 saturated carbocycles. The van der Waals surface area contributed by atoms with Crippen LogP contribution in [-0.2, 0) is 6.42 Å². The maximum Gasteiger partial charge on any atom is 0.251 e. The van der Waals surface area contributed by atoms with Crippen LogP contribution in [0.1, 0.15) is 24.0 Å². The van der Waals surface area contributed by atoms with Gasteiger partial charge in [0.25, 0.3) is 5.56 Å². The monoisotopic (exact) mass is 242 g/mol. The molecule has 1 aromatic carbocycles. The Morgan fingerprint density at radius 2 is 2.22 bits per heavy atom. The molecule has 1 unspecified atom stereocenters. The van der Waals surface area contributed by atoms with E-state index in [1.807, 2.05) is 19.1 Å². The molecular weight excluding hydrogens is 224 g/mol. The number of H-pyrrole nitrogens is 1. The molecule has 3 rings (SSSR count). The minimum Gasteiger partial charge on any atom is -0.322 e. The standard InChI is InChI=1S/C15H18N2O/c1-10-7-12-8-11(9-13-3-2-6-16-13)4-5-14(12)17-15(10)18/h4-5,7-8,13,16H,2-3,6,9H2,1H3,(H,17,18). The second kappa shape index (κ2) is 4.58. The summed E-state index contributed by atoms with van der Waals surface area (Å²) < 4.78 is 0. The van der Waals surface area contributed by atoms with Gasteiger partial charge in [-0.3, -0.25) is 4.79 Å². The summed E-state index contributed by atoms with van der Waals surface area (Å²) in [7, 11) is 0. The van der Waals surface area contributed by atoms with Gasteiger partial charge in [-0.2, -0.15) is 0 Å². The fourth-order valence-electron chi connectivity index (χ4n) is 2.71. The molecule has 0 bridgehead atoms. The molecule has 3 nitrogen and oxygen atoms in total. The van der Waals surface area contributed by atoms with Crippen molar-refractivity contribution in [3.05, 3.63) is 45.7 Å². The Labute approximate surface area is 106 Å². The Morgan fingerprint density at radius 1 is 1.33 bits per heavy atom. The van der Waals surface area contributed by atoms with Gasteiger partial charge in [-0.05, 0) is 61.9 Å². The molecule has 94 valence electrons. The van der Waals surface area contributed by atoms with E-state index in [9.17, 15) is 4.79 Å². The molecule has 0 aliphatic carbocycles. The highest BCUT2D eigenvalue weighted by Crippen LogP contribution is 2.17. The number of benzene rings is 1. The van der Waals surface area contributed by atoms with Gasteiger partial charge in [0.05, 0.1) is 0 Å². The predicted molar refractivity (Wildman–Crippen MR) is 74.0 cm³/mol. The number of aromatic nitrogens is 1. The third kappa shape index (κ3) is 2.18. The lowest BCUT2D eigenvalue weighted by Crippen LogP contribution is -2.23. The highest BCUT2D eigenvalue weighted by atomic mass is 16.1. The Balaban J connectivity index is 1.94. The minimum absolute atomic E-state index is 0.00714. The zero-order valence-corrected chi connectivity index (χ0v) is 10.6. The Morgan fingerprint density at radius 3 is 3.00 bits per heavy atom. The van der Waals surface area contributed by atoms with E-state index >= 15 is 0 Å². The fourth-order valence-corrected chi connectivity index (χ4v) is 2.71. The van der Waals surface area contributed by atoms with Crippen molar-refractivity contribution in [2.45, 2.75) is 32.2 Å². The summed E-state index contributed by atoms with van der Waals surface area (Å²) in [6.07, 6.45) is 3.63. The maximum absolute atomic E-state index is 11.5. The largest absolute Gasteiger partial charge is 0.322 e. The van der Waals surface area contributed by atoms with Crippen molar-refractivity contribution in [2.75, 3.05) is 6.54 Å². The van der Waals surface area contributed by atoms with Crippen LogP contribution in [0, 0.1) is 6.92 Å². The lowest BCUT2D eigenvalue weighted by molar-refractivity contribution is 0.603. The molecule has 1 atom stereocenters. The second-order valence-electron chi connectivity index (χ2n) is 5.20. The summed E-state index contributed by atoms with van der Waals surface area (Å²) >= 11 is 0. The average Bonchev–Trinajstić information content (AvgIpc) is 2.84. The van der Waals surface area contributed by atoms with Crippen molar-refractivity contribution in [3.63, 3.8) is 0 Å². The number of nitrogens with one attached hydrogen (secondary N) is 2. The Kier molecular flexibility index (Phi) is 2.92. The molecule has 0 amide bonds. The van der Waals surface area contributed by atoms with Gasteiger partial charge in [-0.15, -0.1) is 0 Å². The number of aromatic amines is 1. The molecule has 1 fully saturated rings. The fraction of sp³-hybridized carbons (Fsp3) is 0.400. The number of fused-ring (bicyclic) bond motifs is 1. The smallest absolute Gasteiger partial charge is 0.251 e. The second-order valence-corrected chi connectivity index (χ2v) is 5.20. The van der Waals surface area contributed by atoms with Crippen LogP contribution >= 0.6 is 0 Å². The van der Waals surface area contributed by atoms with Gasteiger partial charge in [-0.1, -0.05) is 6.07 Å². The summed E-state index contributed by atoms with van der Waals surface area (Å²) in [6.45, 7) is 2.99. The van der Waals surface area contributed by atoms with Gasteiger partial charge in [0, 0.05) is 17.1 Å². The molecule has 2 heterocycles. The molecule has 2 aromatic rings. The van der Waals surface area contributed by atoms with Gasteiger partial charge in [0.15, 0.2) is 0 Å². The third-order valence-corrected chi connectivity index (χ3v) is 3.74. The minimum atomic E-state index is 0.00714. The first-order valence-electron chi connectivity index (χ1n) is 6.58. The van der Waals surface area contributed by atoms with E-state index in [-0.39, 0.29) is 5.56 Å². The van der Waals surface area contributed by atoms with Crippen LogP contribution < -0.4 is 10.9 Å². The molecule has 0 spiro atoms. The number of hydrogen-bond donors (Lipinski definition) is 2. The van der Waals surface area contributed by atoms with Crippen molar-refractivity contribution in [2.24, 2.45) is 0 Å². The molecule has 18 heavy (non-hydrogen) atoms. The number of rotatable bonds is 2. The van der Waals surface area contributed by atoms with Gasteiger partial charge in [0.1, 0.15) is 0 Å². The average molecular weight is 242 g/mol. The lowest BCUT2D eigenvalue weighted by atomic mass is 10.0. The number of aryl methyl sites for hydroxylation is 1. The van der Waals surface area contributed by atoms with E-state index in [0.29, 0.717) is 6.04 Å². The quantitative estimate of drug-likeness (QED) is 0.847. The zero-order valence-electron chi connectivity index (χ0n) is 10.6. The van der Waals surface area contributed by atoms with Crippen molar-refractivity contribution < 1.29 is 0 Å². The van der Waals surface area contributed by atoms with Gasteiger partial charge in [0.2, 0.25) is 0 Å². The maximum atomic E-state index is 11.5.